The molecule has 1 amide bonds. The van der Waals surface area contributed by atoms with Gasteiger partial charge in [-0.2, -0.15) is 5.26 Å². The summed E-state index contributed by atoms with van der Waals surface area (Å²) < 4.78 is 13.7. The molecule has 8 nitrogen and oxygen atoms in total. The average Bonchev–Trinajstić information content (AvgIpc) is 3.17. The second-order valence-electron chi connectivity index (χ2n) is 10.8. The highest BCUT2D eigenvalue weighted by Gasteiger charge is 2.28. The Hall–Kier alpha value is -4.25. The molecule has 0 aliphatic carbocycles. The van der Waals surface area contributed by atoms with Gasteiger partial charge in [-0.25, -0.2) is 9.78 Å². The third-order valence-electron chi connectivity index (χ3n) is 6.87. The maximum absolute atomic E-state index is 12.3. The fourth-order valence-corrected chi connectivity index (χ4v) is 4.98. The molecule has 1 N–H and O–H groups in total. The van der Waals surface area contributed by atoms with Gasteiger partial charge in [0.2, 0.25) is 0 Å². The maximum atomic E-state index is 12.3. The van der Waals surface area contributed by atoms with Crippen molar-refractivity contribution in [2.24, 2.45) is 0 Å². The predicted molar refractivity (Wildman–Crippen MR) is 145 cm³/mol. The Labute approximate surface area is 222 Å². The molecular weight excluding hydrogens is 480 g/mol. The molecule has 0 atom stereocenters. The number of hydrogen-bond donors (Lipinski definition) is 1. The number of carbonyl (C=O) groups is 1. The molecule has 196 valence electrons. The first-order valence-corrected chi connectivity index (χ1v) is 12.9. The smallest absolute Gasteiger partial charge is 0.410 e. The number of phenols is 1. The molecule has 0 spiro atoms. The van der Waals surface area contributed by atoms with Crippen LogP contribution < -0.4 is 4.74 Å². The number of nitriles is 1. The lowest BCUT2D eigenvalue weighted by Gasteiger charge is -2.33. The second-order valence-corrected chi connectivity index (χ2v) is 10.8. The SMILES string of the molecule is Cc1nc2cc(OC3CCN(C(=O)OC(C)(C)C)CC3)c(O)cc2n1Cc1ccc(C#N)c2ccccc12. The number of ether oxygens (including phenoxy) is 2. The van der Waals surface area contributed by atoms with Crippen molar-refractivity contribution >= 4 is 27.9 Å². The first-order valence-electron chi connectivity index (χ1n) is 12.9. The molecule has 4 aromatic rings. The number of amides is 1. The quantitative estimate of drug-likeness (QED) is 0.365. The van der Waals surface area contributed by atoms with Crippen molar-refractivity contribution in [3.05, 3.63) is 65.5 Å². The van der Waals surface area contributed by atoms with Gasteiger partial charge in [0.25, 0.3) is 0 Å². The van der Waals surface area contributed by atoms with Crippen molar-refractivity contribution in [2.45, 2.75) is 58.8 Å². The summed E-state index contributed by atoms with van der Waals surface area (Å²) in [5.74, 6) is 1.26. The van der Waals surface area contributed by atoms with Gasteiger partial charge in [0.05, 0.1) is 22.7 Å². The van der Waals surface area contributed by atoms with Crippen LogP contribution in [-0.4, -0.2) is 50.4 Å². The lowest BCUT2D eigenvalue weighted by atomic mass is 10.00. The van der Waals surface area contributed by atoms with Crippen LogP contribution in [0.5, 0.6) is 11.5 Å². The first-order chi connectivity index (χ1) is 18.1. The maximum Gasteiger partial charge on any atom is 0.410 e. The van der Waals surface area contributed by atoms with E-state index in [2.05, 4.69) is 10.6 Å². The molecule has 5 rings (SSSR count). The summed E-state index contributed by atoms with van der Waals surface area (Å²) in [6.07, 6.45) is 0.868. The van der Waals surface area contributed by atoms with Crippen LogP contribution >= 0.6 is 0 Å². The number of rotatable bonds is 4. The molecule has 1 aromatic heterocycles. The fourth-order valence-electron chi connectivity index (χ4n) is 4.98. The molecule has 1 aliphatic heterocycles. The van der Waals surface area contributed by atoms with Gasteiger partial charge in [-0.05, 0) is 50.1 Å². The molecule has 0 radical (unpaired) electrons. The first kappa shape index (κ1) is 25.4. The van der Waals surface area contributed by atoms with Crippen LogP contribution in [0.25, 0.3) is 21.8 Å². The van der Waals surface area contributed by atoms with Crippen molar-refractivity contribution in [3.63, 3.8) is 0 Å². The Bertz CT molecular complexity index is 1550. The molecule has 38 heavy (non-hydrogen) atoms. The number of imidazole rings is 1. The summed E-state index contributed by atoms with van der Waals surface area (Å²) in [7, 11) is 0. The van der Waals surface area contributed by atoms with Crippen molar-refractivity contribution in [2.75, 3.05) is 13.1 Å². The third-order valence-corrected chi connectivity index (χ3v) is 6.87. The minimum atomic E-state index is -0.527. The number of likely N-dealkylation sites (tertiary alicyclic amines) is 1. The molecule has 0 unspecified atom stereocenters. The molecule has 1 saturated heterocycles. The van der Waals surface area contributed by atoms with Crippen molar-refractivity contribution < 1.29 is 19.4 Å². The second kappa shape index (κ2) is 9.90. The Morgan fingerprint density at radius 3 is 2.53 bits per heavy atom. The minimum Gasteiger partial charge on any atom is -0.504 e. The summed E-state index contributed by atoms with van der Waals surface area (Å²) in [6.45, 7) is 9.14. The number of aryl methyl sites for hydroxylation is 1. The number of aromatic nitrogens is 2. The van der Waals surface area contributed by atoms with Gasteiger partial charge < -0.3 is 24.0 Å². The zero-order chi connectivity index (χ0) is 27.0. The van der Waals surface area contributed by atoms with Gasteiger partial charge >= 0.3 is 6.09 Å². The molecular formula is C30H32N4O4. The van der Waals surface area contributed by atoms with Crippen LogP contribution in [-0.2, 0) is 11.3 Å². The highest BCUT2D eigenvalue weighted by atomic mass is 16.6. The lowest BCUT2D eigenvalue weighted by molar-refractivity contribution is 0.0124. The molecule has 0 bridgehead atoms. The van der Waals surface area contributed by atoms with Crippen molar-refractivity contribution in [3.8, 4) is 17.6 Å². The normalized spacial score (nSPS) is 14.6. The van der Waals surface area contributed by atoms with E-state index in [0.717, 1.165) is 33.2 Å². The number of carbonyl (C=O) groups excluding carboxylic acids is 1. The zero-order valence-corrected chi connectivity index (χ0v) is 22.2. The zero-order valence-electron chi connectivity index (χ0n) is 22.2. The Balaban J connectivity index is 1.34. The van der Waals surface area contributed by atoms with E-state index in [4.69, 9.17) is 14.5 Å². The molecule has 1 fully saturated rings. The van der Waals surface area contributed by atoms with E-state index in [1.165, 1.54) is 0 Å². The van der Waals surface area contributed by atoms with E-state index in [1.807, 2.05) is 64.1 Å². The monoisotopic (exact) mass is 512 g/mol. The van der Waals surface area contributed by atoms with Crippen LogP contribution in [0.1, 0.15) is 50.6 Å². The third kappa shape index (κ3) is 5.10. The number of aromatic hydroxyl groups is 1. The Morgan fingerprint density at radius 1 is 1.13 bits per heavy atom. The number of fused-ring (bicyclic) bond motifs is 2. The minimum absolute atomic E-state index is 0.0536. The highest BCUT2D eigenvalue weighted by Crippen LogP contribution is 2.34. The summed E-state index contributed by atoms with van der Waals surface area (Å²) in [5.41, 5.74) is 2.73. The Kier molecular flexibility index (Phi) is 6.62. The highest BCUT2D eigenvalue weighted by molar-refractivity contribution is 5.91. The molecule has 2 heterocycles. The van der Waals surface area contributed by atoms with E-state index in [1.54, 1.807) is 17.0 Å². The fraction of sp³-hybridized carbons (Fsp3) is 0.367. The van der Waals surface area contributed by atoms with Gasteiger partial charge in [0.15, 0.2) is 11.5 Å². The standard InChI is InChI=1S/C30H32N4O4/c1-19-32-25-15-28(37-22-11-13-33(14-12-22)29(36)38-30(2,3)4)27(35)16-26(25)34(19)18-21-10-9-20(17-31)23-7-5-6-8-24(21)23/h5-10,15-16,22,35H,11-14,18H2,1-4H3. The van der Waals surface area contributed by atoms with Gasteiger partial charge in [0, 0.05) is 44.6 Å². The average molecular weight is 513 g/mol. The van der Waals surface area contributed by atoms with Crippen LogP contribution in [0.2, 0.25) is 0 Å². The van der Waals surface area contributed by atoms with Crippen LogP contribution in [0.4, 0.5) is 4.79 Å². The van der Waals surface area contributed by atoms with Crippen LogP contribution in [0.15, 0.2) is 48.5 Å². The summed E-state index contributed by atoms with van der Waals surface area (Å²) in [4.78, 5) is 18.8. The Morgan fingerprint density at radius 2 is 1.84 bits per heavy atom. The summed E-state index contributed by atoms with van der Waals surface area (Å²) in [5, 5.41) is 22.3. The summed E-state index contributed by atoms with van der Waals surface area (Å²) in [6, 6.07) is 17.5. The topological polar surface area (TPSA) is 101 Å². The molecule has 3 aromatic carbocycles. The number of benzene rings is 3. The van der Waals surface area contributed by atoms with Crippen molar-refractivity contribution in [1.29, 1.82) is 5.26 Å². The number of nitrogens with zero attached hydrogens (tertiary/aromatic N) is 4. The van der Waals surface area contributed by atoms with E-state index >= 15 is 0 Å². The largest absolute Gasteiger partial charge is 0.504 e. The van der Waals surface area contributed by atoms with Crippen molar-refractivity contribution in [1.82, 2.24) is 14.5 Å². The molecule has 8 heteroatoms. The number of hydrogen-bond acceptors (Lipinski definition) is 6. The van der Waals surface area contributed by atoms with Crippen LogP contribution in [0.3, 0.4) is 0 Å². The molecule has 1 aliphatic rings. The van der Waals surface area contributed by atoms with E-state index in [0.29, 0.717) is 43.8 Å². The summed E-state index contributed by atoms with van der Waals surface area (Å²) >= 11 is 0. The van der Waals surface area contributed by atoms with Gasteiger partial charge in [-0.15, -0.1) is 0 Å². The number of phenolic OH excluding ortho intramolecular Hbond substituents is 1. The van der Waals surface area contributed by atoms with Gasteiger partial charge in [-0.3, -0.25) is 0 Å². The van der Waals surface area contributed by atoms with Gasteiger partial charge in [-0.1, -0.05) is 30.3 Å². The lowest BCUT2D eigenvalue weighted by Crippen LogP contribution is -2.44. The molecule has 0 saturated carbocycles. The van der Waals surface area contributed by atoms with Gasteiger partial charge in [0.1, 0.15) is 17.5 Å². The predicted octanol–water partition coefficient (Wildman–Crippen LogP) is 5.90. The van der Waals surface area contributed by atoms with E-state index in [-0.39, 0.29) is 17.9 Å². The van der Waals surface area contributed by atoms with E-state index in [9.17, 15) is 15.2 Å². The van der Waals surface area contributed by atoms with E-state index < -0.39 is 5.60 Å². The number of piperidine rings is 1. The van der Waals surface area contributed by atoms with Crippen LogP contribution in [0, 0.1) is 18.3 Å².